The van der Waals surface area contributed by atoms with Crippen LogP contribution in [-0.4, -0.2) is 35.4 Å². The molecule has 0 radical (unpaired) electrons. The van der Waals surface area contributed by atoms with Crippen molar-refractivity contribution in [2.75, 3.05) is 5.32 Å². The van der Waals surface area contributed by atoms with E-state index in [1.165, 1.54) is 6.08 Å². The molecule has 0 aliphatic rings. The molecule has 170 valence electrons. The van der Waals surface area contributed by atoms with E-state index in [9.17, 15) is 4.79 Å². The van der Waals surface area contributed by atoms with Crippen molar-refractivity contribution in [2.24, 2.45) is 14.1 Å². The molecule has 0 atom stereocenters. The first-order valence-electron chi connectivity index (χ1n) is 10.9. The first-order chi connectivity index (χ1) is 16.3. The molecule has 0 bridgehead atoms. The fourth-order valence-corrected chi connectivity index (χ4v) is 4.26. The summed E-state index contributed by atoms with van der Waals surface area (Å²) in [4.78, 5) is 20.2. The molecule has 0 spiro atoms. The van der Waals surface area contributed by atoms with Gasteiger partial charge in [-0.1, -0.05) is 18.7 Å². The Kier molecular flexibility index (Phi) is 5.13. The quantitative estimate of drug-likeness (QED) is 0.376. The highest BCUT2D eigenvalue weighted by Crippen LogP contribution is 2.40. The average Bonchev–Trinajstić information content (AvgIpc) is 3.50. The number of aryl methyl sites for hydroxylation is 4. The largest absolute Gasteiger partial charge is 0.339 e. The standard InChI is InChI=1S/C26H25N7O/c1-6-23(34)29-22-10-17(8-7-15(22)2)24-20-9-18(21-14-33(5)31-16(21)3)11-27-26(20)30-25(24)19-12-28-32(4)13-19/h6-14H,1H2,2-5H3,(H,27,30)(H,29,34). The molecule has 0 unspecified atom stereocenters. The lowest BCUT2D eigenvalue weighted by atomic mass is 9.97. The van der Waals surface area contributed by atoms with Crippen LogP contribution in [0, 0.1) is 13.8 Å². The topological polar surface area (TPSA) is 93.4 Å². The molecule has 0 aliphatic heterocycles. The van der Waals surface area contributed by atoms with Gasteiger partial charge in [0, 0.05) is 66.0 Å². The summed E-state index contributed by atoms with van der Waals surface area (Å²) in [7, 11) is 3.80. The Morgan fingerprint density at radius 2 is 1.88 bits per heavy atom. The third kappa shape index (κ3) is 3.69. The molecule has 34 heavy (non-hydrogen) atoms. The minimum absolute atomic E-state index is 0.248. The zero-order valence-corrected chi connectivity index (χ0v) is 19.5. The Hall–Kier alpha value is -4.46. The van der Waals surface area contributed by atoms with Gasteiger partial charge in [0.25, 0.3) is 0 Å². The summed E-state index contributed by atoms with van der Waals surface area (Å²) in [6.07, 6.45) is 8.93. The Bertz CT molecular complexity index is 1570. The van der Waals surface area contributed by atoms with Gasteiger partial charge in [0.2, 0.25) is 5.91 Å². The van der Waals surface area contributed by atoms with Gasteiger partial charge in [0.05, 0.1) is 17.6 Å². The van der Waals surface area contributed by atoms with Gasteiger partial charge in [-0.05, 0) is 43.2 Å². The van der Waals surface area contributed by atoms with Crippen LogP contribution in [0.4, 0.5) is 5.69 Å². The van der Waals surface area contributed by atoms with Crippen molar-refractivity contribution < 1.29 is 4.79 Å². The number of nitrogens with zero attached hydrogens (tertiary/aromatic N) is 5. The number of amides is 1. The normalized spacial score (nSPS) is 11.2. The molecule has 1 aromatic carbocycles. The summed E-state index contributed by atoms with van der Waals surface area (Å²) in [6, 6.07) is 8.19. The van der Waals surface area contributed by atoms with E-state index in [2.05, 4.69) is 39.2 Å². The molecular weight excluding hydrogens is 426 g/mol. The van der Waals surface area contributed by atoms with Crippen molar-refractivity contribution in [1.82, 2.24) is 29.5 Å². The number of aromatic nitrogens is 6. The third-order valence-corrected chi connectivity index (χ3v) is 5.94. The number of anilines is 1. The zero-order chi connectivity index (χ0) is 24.0. The monoisotopic (exact) mass is 451 g/mol. The van der Waals surface area contributed by atoms with Crippen molar-refractivity contribution in [3.05, 3.63) is 73.0 Å². The van der Waals surface area contributed by atoms with Gasteiger partial charge < -0.3 is 10.3 Å². The Labute approximate surface area is 197 Å². The number of carbonyl (C=O) groups is 1. The van der Waals surface area contributed by atoms with E-state index in [-0.39, 0.29) is 5.91 Å². The predicted molar refractivity (Wildman–Crippen MR) is 134 cm³/mol. The summed E-state index contributed by atoms with van der Waals surface area (Å²) in [5, 5.41) is 12.7. The van der Waals surface area contributed by atoms with E-state index in [1.54, 1.807) is 4.68 Å². The lowest BCUT2D eigenvalue weighted by Gasteiger charge is -2.11. The highest BCUT2D eigenvalue weighted by molar-refractivity contribution is 6.05. The second-order valence-electron chi connectivity index (χ2n) is 8.42. The number of pyridine rings is 1. The van der Waals surface area contributed by atoms with Crippen molar-refractivity contribution in [1.29, 1.82) is 0 Å². The first kappa shape index (κ1) is 21.4. The maximum Gasteiger partial charge on any atom is 0.247 e. The third-order valence-electron chi connectivity index (χ3n) is 5.94. The second-order valence-corrected chi connectivity index (χ2v) is 8.42. The molecule has 0 fully saturated rings. The number of fused-ring (bicyclic) bond motifs is 1. The highest BCUT2D eigenvalue weighted by Gasteiger charge is 2.19. The van der Waals surface area contributed by atoms with Crippen LogP contribution in [0.2, 0.25) is 0 Å². The Balaban J connectivity index is 1.76. The smallest absolute Gasteiger partial charge is 0.247 e. The summed E-state index contributed by atoms with van der Waals surface area (Å²) in [5.74, 6) is -0.248. The van der Waals surface area contributed by atoms with Crippen LogP contribution in [0.25, 0.3) is 44.5 Å². The van der Waals surface area contributed by atoms with Crippen molar-refractivity contribution >= 4 is 22.6 Å². The van der Waals surface area contributed by atoms with Crippen molar-refractivity contribution in [2.45, 2.75) is 13.8 Å². The number of aromatic amines is 1. The molecule has 5 aromatic rings. The van der Waals surface area contributed by atoms with Gasteiger partial charge in [-0.15, -0.1) is 0 Å². The minimum atomic E-state index is -0.248. The lowest BCUT2D eigenvalue weighted by Crippen LogP contribution is -2.08. The number of carbonyl (C=O) groups excluding carboxylic acids is 1. The van der Waals surface area contributed by atoms with E-state index in [0.29, 0.717) is 0 Å². The molecule has 8 nitrogen and oxygen atoms in total. The fourth-order valence-electron chi connectivity index (χ4n) is 4.26. The fraction of sp³-hybridized carbons (Fsp3) is 0.154. The van der Waals surface area contributed by atoms with Crippen LogP contribution in [0.15, 0.2) is 61.7 Å². The number of nitrogens with one attached hydrogen (secondary N) is 2. The summed E-state index contributed by atoms with van der Waals surface area (Å²) in [6.45, 7) is 7.52. The maximum absolute atomic E-state index is 12.0. The number of rotatable bonds is 5. The lowest BCUT2D eigenvalue weighted by molar-refractivity contribution is -0.111. The van der Waals surface area contributed by atoms with Gasteiger partial charge in [0.15, 0.2) is 0 Å². The molecule has 2 N–H and O–H groups in total. The molecule has 1 amide bonds. The SMILES string of the molecule is C=CC(=O)Nc1cc(-c2c(-c3cnn(C)c3)[nH]c3ncc(-c4cn(C)nc4C)cc23)ccc1C. The second kappa shape index (κ2) is 8.15. The predicted octanol–water partition coefficient (Wildman–Crippen LogP) is 4.77. The van der Waals surface area contributed by atoms with Gasteiger partial charge >= 0.3 is 0 Å². The van der Waals surface area contributed by atoms with Crippen LogP contribution >= 0.6 is 0 Å². The van der Waals surface area contributed by atoms with Gasteiger partial charge in [-0.25, -0.2) is 4.98 Å². The highest BCUT2D eigenvalue weighted by atomic mass is 16.1. The molecule has 8 heteroatoms. The number of hydrogen-bond acceptors (Lipinski definition) is 4. The van der Waals surface area contributed by atoms with E-state index >= 15 is 0 Å². The van der Waals surface area contributed by atoms with E-state index in [1.807, 2.05) is 69.5 Å². The van der Waals surface area contributed by atoms with Crippen LogP contribution in [0.1, 0.15) is 11.3 Å². The van der Waals surface area contributed by atoms with Crippen LogP contribution < -0.4 is 5.32 Å². The van der Waals surface area contributed by atoms with Gasteiger partial charge in [-0.2, -0.15) is 10.2 Å². The molecule has 4 heterocycles. The molecule has 0 aliphatic carbocycles. The number of benzene rings is 1. The molecule has 0 saturated heterocycles. The molecule has 0 saturated carbocycles. The van der Waals surface area contributed by atoms with Crippen LogP contribution in [0.5, 0.6) is 0 Å². The number of H-pyrrole nitrogens is 1. The van der Waals surface area contributed by atoms with Gasteiger partial charge in [0.1, 0.15) is 5.65 Å². The van der Waals surface area contributed by atoms with Crippen LogP contribution in [-0.2, 0) is 18.9 Å². The summed E-state index contributed by atoms with van der Waals surface area (Å²) < 4.78 is 3.58. The molecular formula is C26H25N7O. The van der Waals surface area contributed by atoms with Crippen molar-refractivity contribution in [3.63, 3.8) is 0 Å². The Morgan fingerprint density at radius 1 is 1.06 bits per heavy atom. The minimum Gasteiger partial charge on any atom is -0.339 e. The van der Waals surface area contributed by atoms with Crippen LogP contribution in [0.3, 0.4) is 0 Å². The van der Waals surface area contributed by atoms with E-state index < -0.39 is 0 Å². The Morgan fingerprint density at radius 3 is 2.56 bits per heavy atom. The molecule has 4 aromatic heterocycles. The van der Waals surface area contributed by atoms with Crippen molar-refractivity contribution in [3.8, 4) is 33.5 Å². The summed E-state index contributed by atoms with van der Waals surface area (Å²) >= 11 is 0. The maximum atomic E-state index is 12.0. The summed E-state index contributed by atoms with van der Waals surface area (Å²) in [5.41, 5.74) is 9.26. The average molecular weight is 452 g/mol. The zero-order valence-electron chi connectivity index (χ0n) is 19.5. The van der Waals surface area contributed by atoms with Gasteiger partial charge in [-0.3, -0.25) is 14.2 Å². The van der Waals surface area contributed by atoms with E-state index in [4.69, 9.17) is 4.98 Å². The van der Waals surface area contributed by atoms with E-state index in [0.717, 1.165) is 61.5 Å². The number of hydrogen-bond donors (Lipinski definition) is 2. The molecule has 5 rings (SSSR count). The first-order valence-corrected chi connectivity index (χ1v) is 10.9.